The van der Waals surface area contributed by atoms with Crippen LogP contribution in [-0.2, 0) is 4.74 Å². The Kier molecular flexibility index (Phi) is 5.23. The van der Waals surface area contributed by atoms with E-state index in [4.69, 9.17) is 4.74 Å². The van der Waals surface area contributed by atoms with Gasteiger partial charge in [-0.05, 0) is 64.0 Å². The lowest BCUT2D eigenvalue weighted by atomic mass is 9.73. The first-order valence-electron chi connectivity index (χ1n) is 9.29. The Labute approximate surface area is 130 Å². The molecule has 0 radical (unpaired) electrons. The van der Waals surface area contributed by atoms with Crippen molar-refractivity contribution < 1.29 is 4.74 Å². The van der Waals surface area contributed by atoms with Crippen molar-refractivity contribution in [2.24, 2.45) is 5.92 Å². The molecule has 1 N–H and O–H groups in total. The van der Waals surface area contributed by atoms with Gasteiger partial charge in [0.15, 0.2) is 0 Å². The number of likely N-dealkylation sites (tertiary alicyclic amines) is 1. The van der Waals surface area contributed by atoms with Crippen LogP contribution in [0.5, 0.6) is 0 Å². The van der Waals surface area contributed by atoms with E-state index < -0.39 is 0 Å². The number of hydrogen-bond donors (Lipinski definition) is 1. The third-order valence-corrected chi connectivity index (χ3v) is 5.81. The summed E-state index contributed by atoms with van der Waals surface area (Å²) < 4.78 is 6.13. The van der Waals surface area contributed by atoms with Crippen LogP contribution >= 0.6 is 0 Å². The molecule has 2 saturated heterocycles. The van der Waals surface area contributed by atoms with E-state index >= 15 is 0 Å². The standard InChI is InChI=1S/C18H34N2O/c1-15(2)13-19-14-17-6-3-4-10-20(17)16-7-11-21-18(12-16)8-5-9-18/h15-17,19H,3-14H2,1-2H3. The molecule has 3 nitrogen and oxygen atoms in total. The van der Waals surface area contributed by atoms with Gasteiger partial charge >= 0.3 is 0 Å². The highest BCUT2D eigenvalue weighted by molar-refractivity contribution is 4.98. The highest BCUT2D eigenvalue weighted by atomic mass is 16.5. The van der Waals surface area contributed by atoms with E-state index in [-0.39, 0.29) is 5.60 Å². The minimum atomic E-state index is 0.288. The van der Waals surface area contributed by atoms with Gasteiger partial charge in [0.2, 0.25) is 0 Å². The van der Waals surface area contributed by atoms with E-state index in [0.29, 0.717) is 0 Å². The van der Waals surface area contributed by atoms with Crippen LogP contribution in [0.4, 0.5) is 0 Å². The van der Waals surface area contributed by atoms with Gasteiger partial charge in [0.25, 0.3) is 0 Å². The monoisotopic (exact) mass is 294 g/mol. The molecule has 2 atom stereocenters. The van der Waals surface area contributed by atoms with Gasteiger partial charge < -0.3 is 10.1 Å². The predicted molar refractivity (Wildman–Crippen MR) is 87.6 cm³/mol. The maximum absolute atomic E-state index is 6.13. The molecule has 0 amide bonds. The molecule has 3 fully saturated rings. The molecule has 2 unspecified atom stereocenters. The molecular weight excluding hydrogens is 260 g/mol. The molecule has 1 saturated carbocycles. The largest absolute Gasteiger partial charge is 0.375 e. The van der Waals surface area contributed by atoms with E-state index in [2.05, 4.69) is 24.1 Å². The number of ether oxygens (including phenoxy) is 1. The molecular formula is C18H34N2O. The molecule has 1 spiro atoms. The Balaban J connectivity index is 1.55. The van der Waals surface area contributed by atoms with Crippen LogP contribution < -0.4 is 5.32 Å². The summed E-state index contributed by atoms with van der Waals surface area (Å²) in [6, 6.07) is 1.54. The van der Waals surface area contributed by atoms with Gasteiger partial charge in [-0.25, -0.2) is 0 Å². The molecule has 3 heteroatoms. The predicted octanol–water partition coefficient (Wildman–Crippen LogP) is 3.19. The lowest BCUT2D eigenvalue weighted by molar-refractivity contribution is -0.153. The number of rotatable bonds is 5. The fourth-order valence-electron chi connectivity index (χ4n) is 4.47. The number of hydrogen-bond acceptors (Lipinski definition) is 3. The van der Waals surface area contributed by atoms with Crippen molar-refractivity contribution in [2.75, 3.05) is 26.2 Å². The Morgan fingerprint density at radius 3 is 2.76 bits per heavy atom. The second kappa shape index (κ2) is 6.97. The van der Waals surface area contributed by atoms with Gasteiger partial charge in [0.05, 0.1) is 5.60 Å². The number of nitrogens with zero attached hydrogens (tertiary/aromatic N) is 1. The first-order valence-corrected chi connectivity index (χ1v) is 9.29. The van der Waals surface area contributed by atoms with Crippen LogP contribution in [0.15, 0.2) is 0 Å². The van der Waals surface area contributed by atoms with Gasteiger partial charge in [-0.1, -0.05) is 20.3 Å². The normalized spacial score (nSPS) is 33.3. The lowest BCUT2D eigenvalue weighted by Crippen LogP contribution is -2.57. The molecule has 0 bridgehead atoms. The van der Waals surface area contributed by atoms with Crippen molar-refractivity contribution in [1.29, 1.82) is 0 Å². The Morgan fingerprint density at radius 1 is 1.19 bits per heavy atom. The summed E-state index contributed by atoms with van der Waals surface area (Å²) in [5.74, 6) is 0.753. The van der Waals surface area contributed by atoms with Crippen LogP contribution in [0.25, 0.3) is 0 Å². The Hall–Kier alpha value is -0.120. The average molecular weight is 294 g/mol. The molecule has 0 aromatic rings. The van der Waals surface area contributed by atoms with Crippen LogP contribution in [0.1, 0.15) is 65.2 Å². The first kappa shape index (κ1) is 15.8. The van der Waals surface area contributed by atoms with Crippen LogP contribution in [0, 0.1) is 5.92 Å². The molecule has 122 valence electrons. The zero-order valence-corrected chi connectivity index (χ0v) is 14.1. The summed E-state index contributed by atoms with van der Waals surface area (Å²) in [7, 11) is 0. The maximum Gasteiger partial charge on any atom is 0.0697 e. The van der Waals surface area contributed by atoms with E-state index in [0.717, 1.165) is 31.2 Å². The van der Waals surface area contributed by atoms with E-state index in [1.165, 1.54) is 64.5 Å². The third kappa shape index (κ3) is 3.80. The topological polar surface area (TPSA) is 24.5 Å². The molecule has 0 aromatic carbocycles. The van der Waals surface area contributed by atoms with Gasteiger partial charge in [-0.15, -0.1) is 0 Å². The van der Waals surface area contributed by atoms with E-state index in [1.807, 2.05) is 0 Å². The van der Waals surface area contributed by atoms with Crippen LogP contribution in [0.2, 0.25) is 0 Å². The minimum absolute atomic E-state index is 0.288. The van der Waals surface area contributed by atoms with Gasteiger partial charge in [0.1, 0.15) is 0 Å². The summed E-state index contributed by atoms with van der Waals surface area (Å²) in [5.41, 5.74) is 0.288. The number of piperidine rings is 1. The van der Waals surface area contributed by atoms with Crippen molar-refractivity contribution in [1.82, 2.24) is 10.2 Å². The fraction of sp³-hybridized carbons (Fsp3) is 1.00. The summed E-state index contributed by atoms with van der Waals surface area (Å²) >= 11 is 0. The van der Waals surface area contributed by atoms with E-state index in [9.17, 15) is 0 Å². The summed E-state index contributed by atoms with van der Waals surface area (Å²) in [6.45, 7) is 9.24. The smallest absolute Gasteiger partial charge is 0.0697 e. The van der Waals surface area contributed by atoms with Crippen molar-refractivity contribution in [3.63, 3.8) is 0 Å². The average Bonchev–Trinajstić information content (AvgIpc) is 2.46. The lowest BCUT2D eigenvalue weighted by Gasteiger charge is -2.52. The van der Waals surface area contributed by atoms with Crippen molar-refractivity contribution in [3.8, 4) is 0 Å². The Morgan fingerprint density at radius 2 is 2.05 bits per heavy atom. The van der Waals surface area contributed by atoms with Crippen molar-refractivity contribution in [2.45, 2.75) is 82.9 Å². The molecule has 3 aliphatic rings. The molecule has 21 heavy (non-hydrogen) atoms. The highest BCUT2D eigenvalue weighted by Gasteiger charge is 2.44. The zero-order chi connectivity index (χ0) is 14.7. The van der Waals surface area contributed by atoms with Crippen molar-refractivity contribution >= 4 is 0 Å². The highest BCUT2D eigenvalue weighted by Crippen LogP contribution is 2.44. The van der Waals surface area contributed by atoms with E-state index in [1.54, 1.807) is 0 Å². The van der Waals surface area contributed by atoms with Gasteiger partial charge in [-0.3, -0.25) is 4.90 Å². The summed E-state index contributed by atoms with van der Waals surface area (Å²) in [5, 5.41) is 3.70. The van der Waals surface area contributed by atoms with Crippen LogP contribution in [0.3, 0.4) is 0 Å². The molecule has 1 aliphatic carbocycles. The van der Waals surface area contributed by atoms with Gasteiger partial charge in [-0.2, -0.15) is 0 Å². The molecule has 2 heterocycles. The molecule has 2 aliphatic heterocycles. The summed E-state index contributed by atoms with van der Waals surface area (Å²) in [6.07, 6.45) is 10.8. The number of nitrogens with one attached hydrogen (secondary N) is 1. The second-order valence-electron chi connectivity index (χ2n) is 7.97. The SMILES string of the molecule is CC(C)CNCC1CCCCN1C1CCOC2(CCC2)C1. The summed E-state index contributed by atoms with van der Waals surface area (Å²) in [4.78, 5) is 2.85. The minimum Gasteiger partial charge on any atom is -0.375 e. The fourth-order valence-corrected chi connectivity index (χ4v) is 4.47. The quantitative estimate of drug-likeness (QED) is 0.843. The zero-order valence-electron chi connectivity index (χ0n) is 14.1. The molecule has 0 aromatic heterocycles. The van der Waals surface area contributed by atoms with Crippen molar-refractivity contribution in [3.05, 3.63) is 0 Å². The third-order valence-electron chi connectivity index (χ3n) is 5.81. The second-order valence-corrected chi connectivity index (χ2v) is 7.97. The van der Waals surface area contributed by atoms with Crippen LogP contribution in [-0.4, -0.2) is 48.8 Å². The Bertz CT molecular complexity index is 327. The maximum atomic E-state index is 6.13. The molecule has 3 rings (SSSR count). The van der Waals surface area contributed by atoms with Gasteiger partial charge in [0, 0.05) is 25.2 Å². The first-order chi connectivity index (χ1) is 10.2.